The van der Waals surface area contributed by atoms with Crippen LogP contribution in [0.25, 0.3) is 0 Å². The fraction of sp³-hybridized carbons (Fsp3) is 0.935. The Bertz CT molecular complexity index is 560. The second-order valence-corrected chi connectivity index (χ2v) is 12.2. The lowest BCUT2D eigenvalue weighted by molar-refractivity contribution is -0.890. The van der Waals surface area contributed by atoms with E-state index < -0.39 is 8.25 Å². The van der Waals surface area contributed by atoms with E-state index >= 15 is 0 Å². The van der Waals surface area contributed by atoms with Crippen LogP contribution >= 0.6 is 8.25 Å². The van der Waals surface area contributed by atoms with Gasteiger partial charge in [0.25, 0.3) is 0 Å². The van der Waals surface area contributed by atoms with Gasteiger partial charge < -0.3 is 18.9 Å². The number of nitrogens with zero attached hydrogens (tertiary/aromatic N) is 1. The zero-order chi connectivity index (χ0) is 30.3. The zero-order valence-electron chi connectivity index (χ0n) is 26.7. The maximum Gasteiger partial charge on any atom is 0.488 e. The monoisotopic (exact) mass is 592 g/mol. The number of hydrogen-bond donors (Lipinski definition) is 0. The highest BCUT2D eigenvalue weighted by Gasteiger charge is 2.17. The standard InChI is InChI=1S/C30H60NO4.CH3O3P/c1-5-7-9-11-13-15-17-19-21-23-29(32)34-27-25-31(3,4)26-28-35-30(33)24-22-20-18-16-14-12-10-8-6-2;1-4-5(2)3/h5-28H2,1-4H3;1H3/q+1;. The summed E-state index contributed by atoms with van der Waals surface area (Å²) in [5.74, 6) is -0.166. The van der Waals surface area contributed by atoms with Gasteiger partial charge in [-0.05, 0) is 17.4 Å². The summed E-state index contributed by atoms with van der Waals surface area (Å²) in [5, 5.41) is 0. The molecule has 0 aliphatic rings. The van der Waals surface area contributed by atoms with Gasteiger partial charge in [0.05, 0.1) is 21.2 Å². The average molecular weight is 593 g/mol. The minimum absolute atomic E-state index is 0.0830. The molecular formula is C31H63NO7P+. The fourth-order valence-electron chi connectivity index (χ4n) is 4.23. The molecule has 1 atom stereocenters. The van der Waals surface area contributed by atoms with Crippen LogP contribution in [-0.4, -0.2) is 63.9 Å². The summed E-state index contributed by atoms with van der Waals surface area (Å²) in [5.41, 5.74) is 0. The Morgan fingerprint density at radius 2 is 0.875 bits per heavy atom. The Morgan fingerprint density at radius 3 is 1.15 bits per heavy atom. The van der Waals surface area contributed by atoms with E-state index in [0.717, 1.165) is 45.9 Å². The molecule has 0 heterocycles. The maximum absolute atomic E-state index is 12.0. The van der Waals surface area contributed by atoms with Crippen molar-refractivity contribution in [1.82, 2.24) is 0 Å². The Labute approximate surface area is 247 Å². The predicted molar refractivity (Wildman–Crippen MR) is 162 cm³/mol. The highest BCUT2D eigenvalue weighted by Crippen LogP contribution is 2.12. The van der Waals surface area contributed by atoms with E-state index in [4.69, 9.17) is 9.47 Å². The number of quaternary nitrogens is 1. The van der Waals surface area contributed by atoms with E-state index in [1.165, 1.54) is 89.9 Å². The van der Waals surface area contributed by atoms with Gasteiger partial charge in [0, 0.05) is 12.8 Å². The van der Waals surface area contributed by atoms with Gasteiger partial charge in [-0.3, -0.25) is 9.59 Å². The highest BCUT2D eigenvalue weighted by molar-refractivity contribution is 7.30. The number of hydrogen-bond acceptors (Lipinski definition) is 7. The van der Waals surface area contributed by atoms with Crippen molar-refractivity contribution in [3.8, 4) is 0 Å². The minimum atomic E-state index is -2.60. The second-order valence-electron chi connectivity index (χ2n) is 11.4. The number of rotatable bonds is 27. The third kappa shape index (κ3) is 34.9. The van der Waals surface area contributed by atoms with Crippen molar-refractivity contribution in [3.63, 3.8) is 0 Å². The molecule has 0 aliphatic heterocycles. The summed E-state index contributed by atoms with van der Waals surface area (Å²) >= 11 is 0. The SMILES string of the molecule is CCCCCCCCCCCC(=O)OCC[N+](C)(C)CCOC(=O)CCCCCCCCCCC.CO[P+](=O)[O-]. The van der Waals surface area contributed by atoms with Crippen LogP contribution in [-0.2, 0) is 28.2 Å². The molecule has 0 rings (SSSR count). The number of unbranched alkanes of at least 4 members (excludes halogenated alkanes) is 16. The van der Waals surface area contributed by atoms with Crippen molar-refractivity contribution >= 4 is 20.2 Å². The normalized spacial score (nSPS) is 11.5. The molecule has 0 amide bonds. The molecule has 8 nitrogen and oxygen atoms in total. The first-order valence-corrected chi connectivity index (χ1v) is 17.1. The molecule has 0 aromatic carbocycles. The van der Waals surface area contributed by atoms with E-state index in [9.17, 15) is 19.0 Å². The number of likely N-dealkylation sites (N-methyl/N-ethyl adjacent to an activating group) is 1. The molecule has 238 valence electrons. The first-order chi connectivity index (χ1) is 19.2. The van der Waals surface area contributed by atoms with Gasteiger partial charge >= 0.3 is 20.2 Å². The van der Waals surface area contributed by atoms with Gasteiger partial charge in [-0.25, -0.2) is 0 Å². The van der Waals surface area contributed by atoms with E-state index in [0.29, 0.717) is 30.5 Å². The van der Waals surface area contributed by atoms with Crippen molar-refractivity contribution in [1.29, 1.82) is 0 Å². The number of carbonyl (C=O) groups is 2. The Morgan fingerprint density at radius 1 is 0.600 bits per heavy atom. The molecule has 0 saturated heterocycles. The first-order valence-electron chi connectivity index (χ1n) is 16.0. The lowest BCUT2D eigenvalue weighted by Gasteiger charge is -2.29. The van der Waals surface area contributed by atoms with Crippen LogP contribution in [0.4, 0.5) is 0 Å². The van der Waals surface area contributed by atoms with Gasteiger partial charge in [0.1, 0.15) is 26.3 Å². The number of carbonyl (C=O) groups excluding carboxylic acids is 2. The van der Waals surface area contributed by atoms with Gasteiger partial charge in [0.15, 0.2) is 0 Å². The smallest absolute Gasteiger partial charge is 0.488 e. The maximum atomic E-state index is 12.0. The molecule has 0 aromatic heterocycles. The molecule has 1 unspecified atom stereocenters. The fourth-order valence-corrected chi connectivity index (χ4v) is 4.23. The largest absolute Gasteiger partial charge is 0.566 e. The number of ether oxygens (including phenoxy) is 2. The summed E-state index contributed by atoms with van der Waals surface area (Å²) in [6.07, 6.45) is 23.5. The van der Waals surface area contributed by atoms with Gasteiger partial charge in [-0.1, -0.05) is 117 Å². The van der Waals surface area contributed by atoms with Gasteiger partial charge in [-0.2, -0.15) is 4.52 Å². The number of esters is 2. The van der Waals surface area contributed by atoms with Gasteiger partial charge in [-0.15, -0.1) is 0 Å². The summed E-state index contributed by atoms with van der Waals surface area (Å²) in [6.45, 7) is 6.82. The summed E-state index contributed by atoms with van der Waals surface area (Å²) in [4.78, 5) is 33.1. The van der Waals surface area contributed by atoms with Crippen LogP contribution in [0.1, 0.15) is 142 Å². The van der Waals surface area contributed by atoms with Crippen LogP contribution in [0, 0.1) is 0 Å². The van der Waals surface area contributed by atoms with Gasteiger partial charge in [0.2, 0.25) is 0 Å². The van der Waals surface area contributed by atoms with E-state index in [2.05, 4.69) is 32.5 Å². The third-order valence-corrected chi connectivity index (χ3v) is 7.34. The quantitative estimate of drug-likeness (QED) is 0.0418. The van der Waals surface area contributed by atoms with E-state index in [1.54, 1.807) is 0 Å². The second kappa shape index (κ2) is 30.9. The van der Waals surface area contributed by atoms with E-state index in [1.807, 2.05) is 0 Å². The summed E-state index contributed by atoms with van der Waals surface area (Å²) < 4.78 is 24.4. The molecular weight excluding hydrogens is 529 g/mol. The molecule has 40 heavy (non-hydrogen) atoms. The van der Waals surface area contributed by atoms with Crippen LogP contribution in [0.15, 0.2) is 0 Å². The highest BCUT2D eigenvalue weighted by atomic mass is 31.1. The van der Waals surface area contributed by atoms with Crippen molar-refractivity contribution < 1.29 is 37.5 Å². The molecule has 0 radical (unpaired) electrons. The summed E-state index contributed by atoms with van der Waals surface area (Å²) in [7, 11) is 2.68. The van der Waals surface area contributed by atoms with Crippen molar-refractivity contribution in [2.45, 2.75) is 142 Å². The van der Waals surface area contributed by atoms with E-state index in [-0.39, 0.29) is 11.9 Å². The lowest BCUT2D eigenvalue weighted by atomic mass is 10.1. The van der Waals surface area contributed by atoms with Crippen LogP contribution < -0.4 is 4.89 Å². The molecule has 0 saturated carbocycles. The molecule has 0 spiro atoms. The van der Waals surface area contributed by atoms with Crippen LogP contribution in [0.3, 0.4) is 0 Å². The average Bonchev–Trinajstić information content (AvgIpc) is 2.91. The molecule has 0 N–H and O–H groups in total. The Balaban J connectivity index is 0. The molecule has 9 heteroatoms. The topological polar surface area (TPSA) is 102 Å². The molecule has 0 fully saturated rings. The lowest BCUT2D eigenvalue weighted by Crippen LogP contribution is -2.45. The Kier molecular flexibility index (Phi) is 31.7. The first kappa shape index (κ1) is 41.1. The Hall–Kier alpha value is -1.08. The molecule has 0 aromatic rings. The van der Waals surface area contributed by atoms with Crippen molar-refractivity contribution in [2.75, 3.05) is 47.5 Å². The predicted octanol–water partition coefficient (Wildman–Crippen LogP) is 7.64. The van der Waals surface area contributed by atoms with Crippen molar-refractivity contribution in [3.05, 3.63) is 0 Å². The molecule has 0 bridgehead atoms. The zero-order valence-corrected chi connectivity index (χ0v) is 27.6. The van der Waals surface area contributed by atoms with Crippen LogP contribution in [0.5, 0.6) is 0 Å². The van der Waals surface area contributed by atoms with Crippen molar-refractivity contribution in [2.24, 2.45) is 0 Å². The third-order valence-electron chi connectivity index (χ3n) is 7.04. The minimum Gasteiger partial charge on any atom is -0.566 e. The van der Waals surface area contributed by atoms with Crippen LogP contribution in [0.2, 0.25) is 0 Å². The summed E-state index contributed by atoms with van der Waals surface area (Å²) in [6, 6.07) is 0. The molecule has 0 aliphatic carbocycles.